The number of H-pyrrole nitrogens is 1. The molecule has 1 unspecified atom stereocenters. The fourth-order valence-corrected chi connectivity index (χ4v) is 5.52. The standard InChI is InChI=1S/C30H27N9O/c31-13-19-11-17(2-8-25(19)34)29-23-12-18(30(40)36-20-3-5-21(6-4-20)39(15-32)16-33)1-7-22(23)28-24-14-35-38-26(24)9-10-27(28)37-29/h2-6,8-11,13-16,18,31-33H,1,7,12,34H2,(H,35,38)(H,36,40). The minimum Gasteiger partial charge on any atom is -0.398 e. The van der Waals surface area contributed by atoms with Crippen molar-refractivity contribution in [2.45, 2.75) is 19.3 Å². The molecule has 0 saturated heterocycles. The zero-order valence-electron chi connectivity index (χ0n) is 21.5. The molecule has 1 atom stereocenters. The third kappa shape index (κ3) is 4.25. The second kappa shape index (κ2) is 10.1. The highest BCUT2D eigenvalue weighted by Gasteiger charge is 2.30. The van der Waals surface area contributed by atoms with Crippen LogP contribution in [0.5, 0.6) is 0 Å². The van der Waals surface area contributed by atoms with Gasteiger partial charge in [0.1, 0.15) is 0 Å². The van der Waals surface area contributed by atoms with Crippen LogP contribution in [0.1, 0.15) is 23.1 Å². The summed E-state index contributed by atoms with van der Waals surface area (Å²) in [7, 11) is 0. The average Bonchev–Trinajstić information content (AvgIpc) is 3.47. The van der Waals surface area contributed by atoms with Crippen molar-refractivity contribution in [3.05, 3.63) is 77.5 Å². The van der Waals surface area contributed by atoms with E-state index in [4.69, 9.17) is 26.9 Å². The molecule has 198 valence electrons. The van der Waals surface area contributed by atoms with Crippen molar-refractivity contribution in [1.29, 1.82) is 16.2 Å². The number of nitrogens with one attached hydrogen (secondary N) is 5. The zero-order chi connectivity index (χ0) is 27.8. The number of hydrogen-bond acceptors (Lipinski definition) is 7. The molecule has 0 bridgehead atoms. The van der Waals surface area contributed by atoms with Gasteiger partial charge in [0.25, 0.3) is 0 Å². The van der Waals surface area contributed by atoms with Crippen molar-refractivity contribution in [2.75, 3.05) is 16.0 Å². The third-order valence-corrected chi connectivity index (χ3v) is 7.58. The molecule has 7 N–H and O–H groups in total. The summed E-state index contributed by atoms with van der Waals surface area (Å²) in [5.74, 6) is -0.330. The third-order valence-electron chi connectivity index (χ3n) is 7.58. The molecule has 10 nitrogen and oxygen atoms in total. The summed E-state index contributed by atoms with van der Waals surface area (Å²) in [5.41, 5.74) is 14.2. The van der Waals surface area contributed by atoms with E-state index in [0.717, 1.165) is 51.3 Å². The maximum Gasteiger partial charge on any atom is 0.227 e. The van der Waals surface area contributed by atoms with Gasteiger partial charge in [-0.05, 0) is 78.9 Å². The molecule has 0 fully saturated rings. The van der Waals surface area contributed by atoms with Crippen LogP contribution in [0.4, 0.5) is 17.1 Å². The summed E-state index contributed by atoms with van der Waals surface area (Å²) >= 11 is 0. The van der Waals surface area contributed by atoms with E-state index in [1.165, 1.54) is 16.7 Å². The summed E-state index contributed by atoms with van der Waals surface area (Å²) in [6.07, 6.45) is 7.10. The van der Waals surface area contributed by atoms with Crippen LogP contribution in [0, 0.1) is 22.1 Å². The number of aromatic nitrogens is 3. The first-order chi connectivity index (χ1) is 19.5. The number of hydrogen-bond donors (Lipinski definition) is 6. The predicted molar refractivity (Wildman–Crippen MR) is 160 cm³/mol. The van der Waals surface area contributed by atoms with Gasteiger partial charge in [-0.1, -0.05) is 6.07 Å². The topological polar surface area (TPSA) is 171 Å². The molecule has 40 heavy (non-hydrogen) atoms. The molecule has 1 aliphatic rings. The number of carbonyl (C=O) groups excluding carboxylic acids is 1. The summed E-state index contributed by atoms with van der Waals surface area (Å²) in [4.78, 5) is 19.9. The SMILES string of the molecule is N=Cc1cc(-c2nc3ccc4[nH]ncc4c3c3c2CC(C(=O)Nc2ccc(N(C=N)C=N)cc2)CC3)ccc1N. The van der Waals surface area contributed by atoms with E-state index in [2.05, 4.69) is 15.5 Å². The largest absolute Gasteiger partial charge is 0.398 e. The maximum absolute atomic E-state index is 13.5. The number of anilines is 3. The molecule has 0 aliphatic heterocycles. The zero-order valence-corrected chi connectivity index (χ0v) is 21.5. The first-order valence-corrected chi connectivity index (χ1v) is 12.9. The minimum absolute atomic E-state index is 0.0700. The number of pyridine rings is 1. The fraction of sp³-hybridized carbons (Fsp3) is 0.133. The first-order valence-electron chi connectivity index (χ1n) is 12.9. The summed E-state index contributed by atoms with van der Waals surface area (Å²) in [6.45, 7) is 0. The van der Waals surface area contributed by atoms with Crippen molar-refractivity contribution >= 4 is 63.7 Å². The van der Waals surface area contributed by atoms with Gasteiger partial charge < -0.3 is 16.5 Å². The molecule has 1 amide bonds. The van der Waals surface area contributed by atoms with E-state index < -0.39 is 0 Å². The highest BCUT2D eigenvalue weighted by molar-refractivity contribution is 6.08. The molecule has 6 rings (SSSR count). The summed E-state index contributed by atoms with van der Waals surface area (Å²) in [5, 5.41) is 35.0. The number of nitrogen functional groups attached to an aromatic ring is 1. The van der Waals surface area contributed by atoms with Gasteiger partial charge in [0.05, 0.1) is 35.6 Å². The van der Waals surface area contributed by atoms with Crippen molar-refractivity contribution in [2.24, 2.45) is 5.92 Å². The summed E-state index contributed by atoms with van der Waals surface area (Å²) < 4.78 is 0. The predicted octanol–water partition coefficient (Wildman–Crippen LogP) is 5.12. The molecule has 10 heteroatoms. The van der Waals surface area contributed by atoms with Crippen LogP contribution in [0.3, 0.4) is 0 Å². The lowest BCUT2D eigenvalue weighted by Crippen LogP contribution is -2.29. The smallest absolute Gasteiger partial charge is 0.227 e. The van der Waals surface area contributed by atoms with Crippen LogP contribution >= 0.6 is 0 Å². The second-order valence-corrected chi connectivity index (χ2v) is 9.84. The number of nitrogens with two attached hydrogens (primary N) is 1. The Hall–Kier alpha value is -5.38. The van der Waals surface area contributed by atoms with Crippen molar-refractivity contribution in [1.82, 2.24) is 15.2 Å². The lowest BCUT2D eigenvalue weighted by atomic mass is 9.79. The molecular weight excluding hydrogens is 502 g/mol. The van der Waals surface area contributed by atoms with Crippen LogP contribution in [-0.2, 0) is 17.6 Å². The van der Waals surface area contributed by atoms with Crippen LogP contribution in [0.15, 0.2) is 60.8 Å². The minimum atomic E-state index is -0.260. The van der Waals surface area contributed by atoms with Crippen LogP contribution in [0.25, 0.3) is 33.1 Å². The molecular formula is C30H27N9O. The Balaban J connectivity index is 1.39. The highest BCUT2D eigenvalue weighted by Crippen LogP contribution is 2.40. The Bertz CT molecular complexity index is 1800. The fourth-order valence-electron chi connectivity index (χ4n) is 5.52. The van der Waals surface area contributed by atoms with Gasteiger partial charge >= 0.3 is 0 Å². The van der Waals surface area contributed by atoms with Gasteiger partial charge in [-0.2, -0.15) is 5.10 Å². The van der Waals surface area contributed by atoms with Crippen molar-refractivity contribution in [3.8, 4) is 11.3 Å². The molecule has 5 aromatic rings. The molecule has 1 aliphatic carbocycles. The van der Waals surface area contributed by atoms with Gasteiger partial charge in [-0.25, -0.2) is 4.98 Å². The van der Waals surface area contributed by atoms with Crippen molar-refractivity contribution < 1.29 is 4.79 Å². The van der Waals surface area contributed by atoms with E-state index in [-0.39, 0.29) is 11.8 Å². The average molecular weight is 530 g/mol. The van der Waals surface area contributed by atoms with E-state index in [9.17, 15) is 4.79 Å². The number of benzene rings is 3. The van der Waals surface area contributed by atoms with Crippen LogP contribution in [0.2, 0.25) is 0 Å². The van der Waals surface area contributed by atoms with Crippen LogP contribution in [-0.4, -0.2) is 40.0 Å². The first kappa shape index (κ1) is 24.9. The molecule has 3 aromatic carbocycles. The van der Waals surface area contributed by atoms with Gasteiger partial charge in [0.15, 0.2) is 0 Å². The highest BCUT2D eigenvalue weighted by atomic mass is 16.1. The number of carbonyl (C=O) groups is 1. The Kier molecular flexibility index (Phi) is 6.27. The molecule has 0 saturated carbocycles. The second-order valence-electron chi connectivity index (χ2n) is 9.84. The monoisotopic (exact) mass is 529 g/mol. The van der Waals surface area contributed by atoms with Crippen molar-refractivity contribution in [3.63, 3.8) is 0 Å². The van der Waals surface area contributed by atoms with E-state index in [1.54, 1.807) is 30.3 Å². The van der Waals surface area contributed by atoms with Gasteiger partial charge in [-0.3, -0.25) is 25.6 Å². The normalized spacial score (nSPS) is 14.4. The Labute approximate surface area is 229 Å². The number of amides is 1. The number of aromatic amines is 1. The number of aryl methyl sites for hydroxylation is 1. The molecule has 2 heterocycles. The molecule has 0 spiro atoms. The molecule has 2 aromatic heterocycles. The number of fused-ring (bicyclic) bond motifs is 5. The van der Waals surface area contributed by atoms with E-state index in [0.29, 0.717) is 41.9 Å². The van der Waals surface area contributed by atoms with Crippen LogP contribution < -0.4 is 16.0 Å². The van der Waals surface area contributed by atoms with Gasteiger partial charge in [0, 0.05) is 51.1 Å². The Morgan fingerprint density at radius 2 is 1.85 bits per heavy atom. The number of nitrogens with zero attached hydrogens (tertiary/aromatic N) is 3. The lowest BCUT2D eigenvalue weighted by molar-refractivity contribution is -0.120. The van der Waals surface area contributed by atoms with E-state index >= 15 is 0 Å². The van der Waals surface area contributed by atoms with E-state index in [1.807, 2.05) is 30.5 Å². The summed E-state index contributed by atoms with van der Waals surface area (Å²) in [6, 6.07) is 16.6. The van der Waals surface area contributed by atoms with Gasteiger partial charge in [-0.15, -0.1) is 0 Å². The molecule has 0 radical (unpaired) electrons. The Morgan fingerprint density at radius 1 is 1.05 bits per heavy atom. The lowest BCUT2D eigenvalue weighted by Gasteiger charge is -2.27. The van der Waals surface area contributed by atoms with Gasteiger partial charge in [0.2, 0.25) is 5.91 Å². The number of rotatable bonds is 7. The maximum atomic E-state index is 13.5. The Morgan fingerprint density at radius 3 is 2.60 bits per heavy atom. The quantitative estimate of drug-likeness (QED) is 0.0974.